The third-order valence-corrected chi connectivity index (χ3v) is 6.80. The summed E-state index contributed by atoms with van der Waals surface area (Å²) in [6, 6.07) is 8.68. The molecule has 180 valence electrons. The lowest BCUT2D eigenvalue weighted by molar-refractivity contribution is -0.146. The van der Waals surface area contributed by atoms with Crippen LogP contribution in [-0.2, 0) is 28.9 Å². The number of aromatic nitrogens is 1. The fourth-order valence-corrected chi connectivity index (χ4v) is 4.86. The normalized spacial score (nSPS) is 19.1. The summed E-state index contributed by atoms with van der Waals surface area (Å²) in [5.74, 6) is -0.208. The van der Waals surface area contributed by atoms with E-state index < -0.39 is 23.6 Å². The van der Waals surface area contributed by atoms with Crippen molar-refractivity contribution in [2.75, 3.05) is 38.1 Å². The quantitative estimate of drug-likeness (QED) is 0.546. The highest BCUT2D eigenvalue weighted by molar-refractivity contribution is 5.87. The molecule has 0 radical (unpaired) electrons. The number of hydrogen-bond donors (Lipinski definition) is 3. The number of likely N-dealkylation sites (tertiary alicyclic amines) is 1. The predicted molar refractivity (Wildman–Crippen MR) is 124 cm³/mol. The average molecular weight is 469 g/mol. The summed E-state index contributed by atoms with van der Waals surface area (Å²) in [6.45, 7) is 2.07. The number of carboxylic acid groups (broad SMARTS) is 1. The van der Waals surface area contributed by atoms with Crippen molar-refractivity contribution in [3.63, 3.8) is 0 Å². The first kappa shape index (κ1) is 22.6. The zero-order valence-electron chi connectivity index (χ0n) is 19.0. The summed E-state index contributed by atoms with van der Waals surface area (Å²) < 4.78 is 20.8. The Morgan fingerprint density at radius 3 is 2.88 bits per heavy atom. The van der Waals surface area contributed by atoms with Crippen LogP contribution in [0.3, 0.4) is 0 Å². The molecule has 1 unspecified atom stereocenters. The number of aliphatic carboxylic acids is 1. The Morgan fingerprint density at radius 2 is 2.06 bits per heavy atom. The highest BCUT2D eigenvalue weighted by atomic mass is 19.1. The van der Waals surface area contributed by atoms with Gasteiger partial charge in [0.1, 0.15) is 11.6 Å². The Labute approximate surface area is 197 Å². The summed E-state index contributed by atoms with van der Waals surface area (Å²) in [5.41, 5.74) is 1.78. The fourth-order valence-electron chi connectivity index (χ4n) is 4.86. The van der Waals surface area contributed by atoms with Gasteiger partial charge >= 0.3 is 5.97 Å². The van der Waals surface area contributed by atoms with Gasteiger partial charge in [-0.3, -0.25) is 14.5 Å². The van der Waals surface area contributed by atoms with Crippen LogP contribution in [0.25, 0.3) is 0 Å². The first-order valence-corrected chi connectivity index (χ1v) is 11.8. The Kier molecular flexibility index (Phi) is 6.12. The van der Waals surface area contributed by atoms with Gasteiger partial charge in [-0.05, 0) is 41.7 Å². The molecule has 1 aromatic heterocycles. The molecule has 0 aliphatic carbocycles. The van der Waals surface area contributed by atoms with Gasteiger partial charge in [0.05, 0.1) is 19.1 Å². The number of nitrogens with one attached hydrogen (secondary N) is 2. The molecule has 2 aromatic rings. The van der Waals surface area contributed by atoms with E-state index in [0.717, 1.165) is 42.9 Å². The van der Waals surface area contributed by atoms with Gasteiger partial charge in [-0.15, -0.1) is 0 Å². The number of halogens is 1. The molecular weight excluding hydrogens is 439 g/mol. The van der Waals surface area contributed by atoms with E-state index in [0.29, 0.717) is 30.9 Å². The van der Waals surface area contributed by atoms with Crippen molar-refractivity contribution in [2.45, 2.75) is 43.8 Å². The summed E-state index contributed by atoms with van der Waals surface area (Å²) in [7, 11) is 0. The molecular formula is C25H29FN4O4. The fraction of sp³-hybridized carbons (Fsp3) is 0.480. The number of carboxylic acids is 1. The van der Waals surface area contributed by atoms with Gasteiger partial charge in [0.25, 0.3) is 5.91 Å². The average Bonchev–Trinajstić information content (AvgIpc) is 3.28. The largest absolute Gasteiger partial charge is 0.493 e. The third kappa shape index (κ3) is 4.70. The van der Waals surface area contributed by atoms with E-state index in [9.17, 15) is 14.7 Å². The molecule has 8 nitrogen and oxygen atoms in total. The number of ether oxygens (including phenoxy) is 1. The van der Waals surface area contributed by atoms with E-state index in [1.54, 1.807) is 12.1 Å². The van der Waals surface area contributed by atoms with Gasteiger partial charge in [0.2, 0.25) is 5.67 Å². The van der Waals surface area contributed by atoms with Crippen LogP contribution in [0, 0.1) is 0 Å². The summed E-state index contributed by atoms with van der Waals surface area (Å²) in [5, 5.41) is 15.3. The summed E-state index contributed by atoms with van der Waals surface area (Å²) >= 11 is 0. The van der Waals surface area contributed by atoms with E-state index in [4.69, 9.17) is 4.74 Å². The van der Waals surface area contributed by atoms with E-state index in [2.05, 4.69) is 21.7 Å². The van der Waals surface area contributed by atoms with Crippen molar-refractivity contribution >= 4 is 17.7 Å². The highest BCUT2D eigenvalue weighted by Gasteiger charge is 2.50. The lowest BCUT2D eigenvalue weighted by Gasteiger charge is -2.43. The maximum atomic E-state index is 15.3. The van der Waals surface area contributed by atoms with Crippen molar-refractivity contribution < 1.29 is 23.8 Å². The Balaban J connectivity index is 1.17. The SMILES string of the molecule is O=C(O)CC(NC(=O)C1(F)CN(CCc2ccc3c(n2)NCCC3)C1)c1ccc2c(c1)OCC2. The van der Waals surface area contributed by atoms with Crippen molar-refractivity contribution in [1.29, 1.82) is 0 Å². The number of rotatable bonds is 8. The zero-order valence-corrected chi connectivity index (χ0v) is 19.0. The Morgan fingerprint density at radius 1 is 1.24 bits per heavy atom. The van der Waals surface area contributed by atoms with Gasteiger partial charge in [-0.25, -0.2) is 9.37 Å². The number of carbonyl (C=O) groups is 2. The molecule has 1 saturated heterocycles. The van der Waals surface area contributed by atoms with Crippen LogP contribution in [0.2, 0.25) is 0 Å². The number of nitrogens with zero attached hydrogens (tertiary/aromatic N) is 2. The zero-order chi connectivity index (χ0) is 23.7. The van der Waals surface area contributed by atoms with E-state index in [-0.39, 0.29) is 19.5 Å². The van der Waals surface area contributed by atoms with Crippen LogP contribution in [0.5, 0.6) is 5.75 Å². The number of benzene rings is 1. The molecule has 1 amide bonds. The van der Waals surface area contributed by atoms with Crippen LogP contribution >= 0.6 is 0 Å². The monoisotopic (exact) mass is 468 g/mol. The van der Waals surface area contributed by atoms with Crippen molar-refractivity contribution in [2.24, 2.45) is 0 Å². The molecule has 3 aliphatic rings. The van der Waals surface area contributed by atoms with Gasteiger partial charge in [-0.1, -0.05) is 18.2 Å². The minimum atomic E-state index is -2.03. The number of pyridine rings is 1. The molecule has 3 N–H and O–H groups in total. The maximum Gasteiger partial charge on any atom is 0.305 e. The van der Waals surface area contributed by atoms with Gasteiger partial charge in [0.15, 0.2) is 0 Å². The minimum absolute atomic E-state index is 0.0187. The topological polar surface area (TPSA) is 104 Å². The molecule has 0 bridgehead atoms. The molecule has 3 aliphatic heterocycles. The summed E-state index contributed by atoms with van der Waals surface area (Å²) in [4.78, 5) is 30.7. The van der Waals surface area contributed by atoms with Crippen LogP contribution in [0.1, 0.15) is 41.3 Å². The molecule has 5 rings (SSSR count). The highest BCUT2D eigenvalue weighted by Crippen LogP contribution is 2.32. The van der Waals surface area contributed by atoms with Crippen molar-refractivity contribution in [1.82, 2.24) is 15.2 Å². The first-order chi connectivity index (χ1) is 16.4. The van der Waals surface area contributed by atoms with Crippen molar-refractivity contribution in [3.05, 3.63) is 52.7 Å². The number of anilines is 1. The molecule has 1 fully saturated rings. The van der Waals surface area contributed by atoms with E-state index in [1.165, 1.54) is 5.56 Å². The molecule has 34 heavy (non-hydrogen) atoms. The number of alkyl halides is 1. The number of hydrogen-bond acceptors (Lipinski definition) is 6. The van der Waals surface area contributed by atoms with Crippen LogP contribution in [0.4, 0.5) is 10.2 Å². The second-order valence-electron chi connectivity index (χ2n) is 9.36. The van der Waals surface area contributed by atoms with Crippen LogP contribution in [0.15, 0.2) is 30.3 Å². The first-order valence-electron chi connectivity index (χ1n) is 11.8. The Hall–Kier alpha value is -3.20. The second kappa shape index (κ2) is 9.21. The second-order valence-corrected chi connectivity index (χ2v) is 9.36. The van der Waals surface area contributed by atoms with Crippen molar-refractivity contribution in [3.8, 4) is 5.75 Å². The number of aryl methyl sites for hydroxylation is 1. The molecule has 1 aromatic carbocycles. The molecule has 0 spiro atoms. The molecule has 0 saturated carbocycles. The smallest absolute Gasteiger partial charge is 0.305 e. The molecule has 9 heteroatoms. The molecule has 1 atom stereocenters. The van der Waals surface area contributed by atoms with Gasteiger partial charge < -0.3 is 20.5 Å². The minimum Gasteiger partial charge on any atom is -0.493 e. The third-order valence-electron chi connectivity index (χ3n) is 6.80. The lowest BCUT2D eigenvalue weighted by atomic mass is 9.93. The number of fused-ring (bicyclic) bond motifs is 2. The van der Waals surface area contributed by atoms with E-state index >= 15 is 4.39 Å². The maximum absolute atomic E-state index is 15.3. The molecule has 4 heterocycles. The Bertz CT molecular complexity index is 1100. The van der Waals surface area contributed by atoms with Gasteiger partial charge in [0, 0.05) is 44.7 Å². The standard InChI is InChI=1S/C25H29FN4O4/c26-25(14-30(15-25)10-7-19-6-5-17-2-1-9-27-23(17)28-19)24(33)29-20(13-22(31)32)18-4-3-16-8-11-34-21(16)12-18/h3-6,12,20H,1-2,7-11,13-15H2,(H,27,28)(H,29,33)(H,31,32). The number of amides is 1. The lowest BCUT2D eigenvalue weighted by Crippen LogP contribution is -2.66. The van der Waals surface area contributed by atoms with Gasteiger partial charge in [-0.2, -0.15) is 0 Å². The number of carbonyl (C=O) groups excluding carboxylic acids is 1. The summed E-state index contributed by atoms with van der Waals surface area (Å²) in [6.07, 6.45) is 3.27. The van der Waals surface area contributed by atoms with Crippen LogP contribution < -0.4 is 15.4 Å². The predicted octanol–water partition coefficient (Wildman–Crippen LogP) is 2.27. The van der Waals surface area contributed by atoms with E-state index in [1.807, 2.05) is 17.0 Å². The van der Waals surface area contributed by atoms with Crippen LogP contribution in [-0.4, -0.2) is 65.3 Å².